The van der Waals surface area contributed by atoms with Crippen LogP contribution in [-0.4, -0.2) is 15.0 Å². The standard InChI is InChI=1S/C23H21ClN6/c24-19-11-9-17(10-12-19)14-27-22-21(25)23(29-16-28-22)30(20-8-4-5-13-26-20)15-18-6-2-1-3-7-18/h1-13,16H,14-15,25H2,(H,27,28,29). The topological polar surface area (TPSA) is 80.0 Å². The molecular weight excluding hydrogens is 396 g/mol. The Morgan fingerprint density at radius 1 is 0.833 bits per heavy atom. The monoisotopic (exact) mass is 416 g/mol. The summed E-state index contributed by atoms with van der Waals surface area (Å²) >= 11 is 5.96. The number of nitrogen functional groups attached to an aromatic ring is 1. The van der Waals surface area contributed by atoms with E-state index < -0.39 is 0 Å². The Morgan fingerprint density at radius 2 is 1.60 bits per heavy atom. The van der Waals surface area contributed by atoms with Crippen LogP contribution in [0.1, 0.15) is 11.1 Å². The molecule has 2 heterocycles. The van der Waals surface area contributed by atoms with E-state index in [2.05, 4.69) is 32.4 Å². The number of aromatic nitrogens is 3. The molecule has 2 aromatic carbocycles. The lowest BCUT2D eigenvalue weighted by Crippen LogP contribution is -2.21. The number of pyridine rings is 1. The molecule has 150 valence electrons. The molecule has 6 nitrogen and oxygen atoms in total. The van der Waals surface area contributed by atoms with Gasteiger partial charge in [-0.2, -0.15) is 0 Å². The number of rotatable bonds is 7. The first-order valence-corrected chi connectivity index (χ1v) is 9.90. The van der Waals surface area contributed by atoms with Crippen molar-refractivity contribution in [3.63, 3.8) is 0 Å². The van der Waals surface area contributed by atoms with Crippen LogP contribution in [0.4, 0.5) is 23.1 Å². The van der Waals surface area contributed by atoms with Gasteiger partial charge in [-0.25, -0.2) is 15.0 Å². The highest BCUT2D eigenvalue weighted by Gasteiger charge is 2.18. The lowest BCUT2D eigenvalue weighted by Gasteiger charge is -2.25. The first-order chi connectivity index (χ1) is 14.7. The van der Waals surface area contributed by atoms with E-state index in [9.17, 15) is 0 Å². The molecule has 0 unspecified atom stereocenters. The van der Waals surface area contributed by atoms with E-state index in [1.807, 2.05) is 65.6 Å². The number of nitrogens with zero attached hydrogens (tertiary/aromatic N) is 4. The number of hydrogen-bond donors (Lipinski definition) is 2. The van der Waals surface area contributed by atoms with Gasteiger partial charge in [0.05, 0.1) is 6.54 Å². The SMILES string of the molecule is Nc1c(NCc2ccc(Cl)cc2)ncnc1N(Cc1ccccc1)c1ccccn1. The molecule has 2 aromatic heterocycles. The number of anilines is 4. The number of nitrogens with one attached hydrogen (secondary N) is 1. The third-order valence-electron chi connectivity index (χ3n) is 4.60. The van der Waals surface area contributed by atoms with E-state index in [4.69, 9.17) is 17.3 Å². The molecule has 7 heteroatoms. The highest BCUT2D eigenvalue weighted by Crippen LogP contribution is 2.32. The quantitative estimate of drug-likeness (QED) is 0.438. The zero-order valence-corrected chi connectivity index (χ0v) is 17.0. The van der Waals surface area contributed by atoms with Crippen LogP contribution in [0.25, 0.3) is 0 Å². The first-order valence-electron chi connectivity index (χ1n) is 9.52. The zero-order chi connectivity index (χ0) is 20.8. The summed E-state index contributed by atoms with van der Waals surface area (Å²) in [5, 5.41) is 4.00. The van der Waals surface area contributed by atoms with E-state index in [1.165, 1.54) is 6.33 Å². The van der Waals surface area contributed by atoms with E-state index in [1.54, 1.807) is 6.20 Å². The lowest BCUT2D eigenvalue weighted by molar-refractivity contribution is 0.916. The smallest absolute Gasteiger partial charge is 0.163 e. The van der Waals surface area contributed by atoms with Gasteiger partial charge in [0, 0.05) is 17.8 Å². The average molecular weight is 417 g/mol. The number of hydrogen-bond acceptors (Lipinski definition) is 6. The molecule has 4 aromatic rings. The molecule has 0 atom stereocenters. The lowest BCUT2D eigenvalue weighted by atomic mass is 10.2. The fourth-order valence-corrected chi connectivity index (χ4v) is 3.20. The third-order valence-corrected chi connectivity index (χ3v) is 4.85. The Morgan fingerprint density at radius 3 is 2.33 bits per heavy atom. The molecule has 3 N–H and O–H groups in total. The summed E-state index contributed by atoms with van der Waals surface area (Å²) in [6, 6.07) is 23.5. The molecule has 4 rings (SSSR count). The average Bonchev–Trinajstić information content (AvgIpc) is 2.79. The van der Waals surface area contributed by atoms with E-state index in [0.29, 0.717) is 35.4 Å². The largest absolute Gasteiger partial charge is 0.393 e. The molecule has 0 saturated heterocycles. The summed E-state index contributed by atoms with van der Waals surface area (Å²) in [5.74, 6) is 1.94. The van der Waals surface area contributed by atoms with Crippen LogP contribution in [0, 0.1) is 0 Å². The number of benzene rings is 2. The van der Waals surface area contributed by atoms with Crippen molar-refractivity contribution in [1.29, 1.82) is 0 Å². The summed E-state index contributed by atoms with van der Waals surface area (Å²) in [4.78, 5) is 15.3. The molecule has 0 radical (unpaired) electrons. The Balaban J connectivity index is 1.63. The number of nitrogens with two attached hydrogens (primary N) is 1. The highest BCUT2D eigenvalue weighted by molar-refractivity contribution is 6.30. The van der Waals surface area contributed by atoms with E-state index in [0.717, 1.165) is 16.9 Å². The van der Waals surface area contributed by atoms with Crippen LogP contribution >= 0.6 is 11.6 Å². The molecule has 0 spiro atoms. The van der Waals surface area contributed by atoms with Gasteiger partial charge in [0.25, 0.3) is 0 Å². The Bertz CT molecular complexity index is 1090. The van der Waals surface area contributed by atoms with Gasteiger partial charge in [0.1, 0.15) is 17.8 Å². The molecular formula is C23H21ClN6. The maximum atomic E-state index is 6.49. The third kappa shape index (κ3) is 4.67. The Labute approximate surface area is 180 Å². The van der Waals surface area contributed by atoms with E-state index in [-0.39, 0.29) is 0 Å². The second-order valence-electron chi connectivity index (χ2n) is 6.70. The number of halogens is 1. The molecule has 0 amide bonds. The molecule has 0 aliphatic rings. The van der Waals surface area contributed by atoms with Crippen molar-refractivity contribution >= 4 is 34.7 Å². The normalized spacial score (nSPS) is 10.6. The summed E-state index contributed by atoms with van der Waals surface area (Å²) in [5.41, 5.74) is 9.15. The second-order valence-corrected chi connectivity index (χ2v) is 7.14. The maximum Gasteiger partial charge on any atom is 0.163 e. The van der Waals surface area contributed by atoms with Crippen molar-refractivity contribution in [2.24, 2.45) is 0 Å². The van der Waals surface area contributed by atoms with Gasteiger partial charge < -0.3 is 16.0 Å². The molecule has 0 aliphatic heterocycles. The van der Waals surface area contributed by atoms with Gasteiger partial charge in [-0.1, -0.05) is 60.1 Å². The minimum absolute atomic E-state index is 0.466. The minimum atomic E-state index is 0.466. The fourth-order valence-electron chi connectivity index (χ4n) is 3.07. The van der Waals surface area contributed by atoms with Crippen molar-refractivity contribution in [2.45, 2.75) is 13.1 Å². The predicted octanol–water partition coefficient (Wildman–Crippen LogP) is 5.06. The van der Waals surface area contributed by atoms with Gasteiger partial charge in [-0.15, -0.1) is 0 Å². The maximum absolute atomic E-state index is 6.49. The van der Waals surface area contributed by atoms with Crippen molar-refractivity contribution in [2.75, 3.05) is 16.0 Å². The summed E-state index contributed by atoms with van der Waals surface area (Å²) < 4.78 is 0. The molecule has 0 aliphatic carbocycles. The van der Waals surface area contributed by atoms with Crippen LogP contribution in [0.3, 0.4) is 0 Å². The summed E-state index contributed by atoms with van der Waals surface area (Å²) in [6.45, 7) is 1.15. The zero-order valence-electron chi connectivity index (χ0n) is 16.2. The van der Waals surface area contributed by atoms with E-state index >= 15 is 0 Å². The van der Waals surface area contributed by atoms with Crippen LogP contribution < -0.4 is 16.0 Å². The van der Waals surface area contributed by atoms with Gasteiger partial charge in [-0.05, 0) is 35.4 Å². The predicted molar refractivity (Wildman–Crippen MR) is 122 cm³/mol. The van der Waals surface area contributed by atoms with Gasteiger partial charge in [0.2, 0.25) is 0 Å². The molecule has 0 fully saturated rings. The summed E-state index contributed by atoms with van der Waals surface area (Å²) in [6.07, 6.45) is 3.27. The van der Waals surface area contributed by atoms with Crippen molar-refractivity contribution < 1.29 is 0 Å². The van der Waals surface area contributed by atoms with Crippen molar-refractivity contribution in [3.05, 3.63) is 101 Å². The molecule has 0 saturated carbocycles. The van der Waals surface area contributed by atoms with Crippen molar-refractivity contribution in [1.82, 2.24) is 15.0 Å². The first kappa shape index (κ1) is 19.7. The van der Waals surface area contributed by atoms with Crippen LogP contribution in [0.15, 0.2) is 85.3 Å². The van der Waals surface area contributed by atoms with Crippen LogP contribution in [0.2, 0.25) is 5.02 Å². The fraction of sp³-hybridized carbons (Fsp3) is 0.0870. The Hall–Kier alpha value is -3.64. The van der Waals surface area contributed by atoms with Gasteiger partial charge in [-0.3, -0.25) is 0 Å². The van der Waals surface area contributed by atoms with Crippen LogP contribution in [0.5, 0.6) is 0 Å². The minimum Gasteiger partial charge on any atom is -0.393 e. The second kappa shape index (κ2) is 9.24. The Kier molecular flexibility index (Phi) is 6.06. The van der Waals surface area contributed by atoms with Crippen LogP contribution in [-0.2, 0) is 13.1 Å². The van der Waals surface area contributed by atoms with Gasteiger partial charge in [0.15, 0.2) is 11.6 Å². The van der Waals surface area contributed by atoms with Gasteiger partial charge >= 0.3 is 0 Å². The molecule has 0 bridgehead atoms. The van der Waals surface area contributed by atoms with Crippen molar-refractivity contribution in [3.8, 4) is 0 Å². The summed E-state index contributed by atoms with van der Waals surface area (Å²) in [7, 11) is 0. The molecule has 30 heavy (non-hydrogen) atoms. The highest BCUT2D eigenvalue weighted by atomic mass is 35.5.